The Morgan fingerprint density at radius 3 is 2.42 bits per heavy atom. The average Bonchev–Trinajstić information content (AvgIpc) is 2.83. The molecule has 0 saturated carbocycles. The van der Waals surface area contributed by atoms with Crippen LogP contribution in [0.25, 0.3) is 6.08 Å². The minimum atomic E-state index is -0.141. The molecule has 7 nitrogen and oxygen atoms in total. The second-order valence-electron chi connectivity index (χ2n) is 7.91. The molecular weight excluding hydrogens is 416 g/mol. The Morgan fingerprint density at radius 2 is 1.73 bits per heavy atom. The molecule has 2 amide bonds. The molecule has 7 heteroatoms. The van der Waals surface area contributed by atoms with E-state index in [2.05, 4.69) is 27.7 Å². The number of urea groups is 1. The van der Waals surface area contributed by atoms with Gasteiger partial charge < -0.3 is 14.4 Å². The molecule has 1 aromatic heterocycles. The molecule has 0 atom stereocenters. The topological polar surface area (TPSA) is 76.6 Å². The summed E-state index contributed by atoms with van der Waals surface area (Å²) in [6.07, 6.45) is 5.44. The number of carbonyl (C=O) groups excluding carboxylic acids is 1. The van der Waals surface area contributed by atoms with Gasteiger partial charge in [0.15, 0.2) is 5.82 Å². The Labute approximate surface area is 194 Å². The van der Waals surface area contributed by atoms with Gasteiger partial charge in [-0.25, -0.2) is 4.79 Å². The van der Waals surface area contributed by atoms with Crippen LogP contribution in [0, 0.1) is 6.92 Å². The van der Waals surface area contributed by atoms with Crippen molar-refractivity contribution in [2.75, 3.05) is 31.6 Å². The number of piperidine rings is 1. The van der Waals surface area contributed by atoms with Crippen LogP contribution in [0.4, 0.5) is 10.6 Å². The maximum absolute atomic E-state index is 12.4. The molecule has 0 unspecified atom stereocenters. The lowest BCUT2D eigenvalue weighted by atomic mass is 10.0. The summed E-state index contributed by atoms with van der Waals surface area (Å²) in [5, 5.41) is 10.5. The van der Waals surface area contributed by atoms with Crippen LogP contribution in [0.15, 0.2) is 72.4 Å². The lowest BCUT2D eigenvalue weighted by Gasteiger charge is -2.28. The monoisotopic (exact) mass is 444 g/mol. The van der Waals surface area contributed by atoms with Crippen molar-refractivity contribution in [1.29, 1.82) is 0 Å². The second-order valence-corrected chi connectivity index (χ2v) is 7.91. The van der Waals surface area contributed by atoms with Gasteiger partial charge in [-0.1, -0.05) is 35.9 Å². The molecule has 3 aromatic rings. The maximum atomic E-state index is 12.4. The lowest BCUT2D eigenvalue weighted by Crippen LogP contribution is -2.39. The van der Waals surface area contributed by atoms with Crippen molar-refractivity contribution in [2.24, 2.45) is 0 Å². The largest absolute Gasteiger partial charge is 0.490 e. The quantitative estimate of drug-likeness (QED) is 0.522. The number of anilines is 1. The standard InChI is InChI=1S/C26H28N4O3/c1-20-5-2-7-23(17-20)32-15-16-33-24-8-3-6-22(19-24)18-21-10-13-30(14-11-21)26(31)28-25-9-4-12-27-29-25/h2-9,12,17-19H,10-11,13-16H2,1H3,(H,28,29,31). The van der Waals surface area contributed by atoms with E-state index in [1.165, 1.54) is 11.1 Å². The zero-order valence-corrected chi connectivity index (χ0v) is 18.7. The van der Waals surface area contributed by atoms with E-state index in [4.69, 9.17) is 9.47 Å². The first-order valence-corrected chi connectivity index (χ1v) is 11.1. The number of amides is 2. The number of nitrogens with zero attached hydrogens (tertiary/aromatic N) is 3. The summed E-state index contributed by atoms with van der Waals surface area (Å²) in [6.45, 7) is 4.35. The van der Waals surface area contributed by atoms with Crippen LogP contribution in [0.5, 0.6) is 11.5 Å². The number of benzene rings is 2. The van der Waals surface area contributed by atoms with Gasteiger partial charge >= 0.3 is 6.03 Å². The molecule has 170 valence electrons. The molecular formula is C26H28N4O3. The highest BCUT2D eigenvalue weighted by Gasteiger charge is 2.19. The van der Waals surface area contributed by atoms with Gasteiger partial charge in [-0.05, 0) is 67.3 Å². The van der Waals surface area contributed by atoms with Crippen LogP contribution < -0.4 is 14.8 Å². The van der Waals surface area contributed by atoms with Gasteiger partial charge in [0.05, 0.1) is 0 Å². The molecule has 0 aliphatic carbocycles. The van der Waals surface area contributed by atoms with Crippen LogP contribution in [0.2, 0.25) is 0 Å². The van der Waals surface area contributed by atoms with Crippen molar-refractivity contribution in [1.82, 2.24) is 15.1 Å². The van der Waals surface area contributed by atoms with Crippen molar-refractivity contribution in [3.05, 3.63) is 83.6 Å². The molecule has 4 rings (SSSR count). The van der Waals surface area contributed by atoms with E-state index in [0.29, 0.717) is 32.1 Å². The molecule has 2 aromatic carbocycles. The van der Waals surface area contributed by atoms with Crippen LogP contribution >= 0.6 is 0 Å². The third kappa shape index (κ3) is 6.80. The number of aromatic nitrogens is 2. The SMILES string of the molecule is Cc1cccc(OCCOc2cccc(C=C3CCN(C(=O)Nc4cccnn4)CC3)c2)c1. The summed E-state index contributed by atoms with van der Waals surface area (Å²) in [4.78, 5) is 14.2. The Kier molecular flexibility index (Phi) is 7.53. The lowest BCUT2D eigenvalue weighted by molar-refractivity contribution is 0.207. The molecule has 1 N–H and O–H groups in total. The Bertz CT molecular complexity index is 1090. The van der Waals surface area contributed by atoms with Gasteiger partial charge in [-0.3, -0.25) is 5.32 Å². The van der Waals surface area contributed by atoms with Gasteiger partial charge in [0, 0.05) is 19.3 Å². The number of hydrogen-bond donors (Lipinski definition) is 1. The third-order valence-electron chi connectivity index (χ3n) is 5.34. The highest BCUT2D eigenvalue weighted by atomic mass is 16.5. The number of carbonyl (C=O) groups is 1. The van der Waals surface area contributed by atoms with Gasteiger partial charge in [0.1, 0.15) is 24.7 Å². The van der Waals surface area contributed by atoms with E-state index in [9.17, 15) is 4.79 Å². The smallest absolute Gasteiger partial charge is 0.323 e. The van der Waals surface area contributed by atoms with Crippen LogP contribution in [-0.2, 0) is 0 Å². The maximum Gasteiger partial charge on any atom is 0.323 e. The highest BCUT2D eigenvalue weighted by molar-refractivity contribution is 5.88. The molecule has 1 aliphatic heterocycles. The summed E-state index contributed by atoms with van der Waals surface area (Å²) in [5.74, 6) is 2.14. The molecule has 1 saturated heterocycles. The minimum absolute atomic E-state index is 0.141. The zero-order valence-electron chi connectivity index (χ0n) is 18.7. The molecule has 1 fully saturated rings. The zero-order chi connectivity index (χ0) is 22.9. The third-order valence-corrected chi connectivity index (χ3v) is 5.34. The van der Waals surface area contributed by atoms with Gasteiger partial charge in [-0.2, -0.15) is 5.10 Å². The van der Waals surface area contributed by atoms with Crippen molar-refractivity contribution < 1.29 is 14.3 Å². The van der Waals surface area contributed by atoms with Crippen molar-refractivity contribution in [3.63, 3.8) is 0 Å². The summed E-state index contributed by atoms with van der Waals surface area (Å²) < 4.78 is 11.6. The van der Waals surface area contributed by atoms with E-state index >= 15 is 0 Å². The predicted molar refractivity (Wildman–Crippen MR) is 128 cm³/mol. The number of ether oxygens (including phenoxy) is 2. The average molecular weight is 445 g/mol. The van der Waals surface area contributed by atoms with Crippen molar-refractivity contribution in [3.8, 4) is 11.5 Å². The number of nitrogens with one attached hydrogen (secondary N) is 1. The van der Waals surface area contributed by atoms with Gasteiger partial charge in [0.25, 0.3) is 0 Å². The Balaban J connectivity index is 1.24. The van der Waals surface area contributed by atoms with Gasteiger partial charge in [0.2, 0.25) is 0 Å². The summed E-state index contributed by atoms with van der Waals surface area (Å²) >= 11 is 0. The van der Waals surface area contributed by atoms with E-state index in [0.717, 1.165) is 29.9 Å². The first-order valence-electron chi connectivity index (χ1n) is 11.1. The summed E-state index contributed by atoms with van der Waals surface area (Å²) in [6, 6.07) is 19.4. The first-order chi connectivity index (χ1) is 16.2. The minimum Gasteiger partial charge on any atom is -0.490 e. The van der Waals surface area contributed by atoms with E-state index in [1.54, 1.807) is 23.2 Å². The Hall–Kier alpha value is -3.87. The fourth-order valence-corrected chi connectivity index (χ4v) is 3.65. The summed E-state index contributed by atoms with van der Waals surface area (Å²) in [5.41, 5.74) is 3.59. The summed E-state index contributed by atoms with van der Waals surface area (Å²) in [7, 11) is 0. The van der Waals surface area contributed by atoms with Crippen LogP contribution in [0.3, 0.4) is 0 Å². The van der Waals surface area contributed by atoms with Crippen LogP contribution in [0.1, 0.15) is 24.0 Å². The van der Waals surface area contributed by atoms with E-state index in [-0.39, 0.29) is 6.03 Å². The normalized spacial score (nSPS) is 13.4. The molecule has 0 bridgehead atoms. The van der Waals surface area contributed by atoms with E-state index in [1.807, 2.05) is 49.4 Å². The van der Waals surface area contributed by atoms with Crippen LogP contribution in [-0.4, -0.2) is 47.4 Å². The number of hydrogen-bond acceptors (Lipinski definition) is 5. The predicted octanol–water partition coefficient (Wildman–Crippen LogP) is 4.95. The molecule has 33 heavy (non-hydrogen) atoms. The molecule has 0 radical (unpaired) electrons. The fraction of sp³-hybridized carbons (Fsp3) is 0.269. The second kappa shape index (κ2) is 11.1. The fourth-order valence-electron chi connectivity index (χ4n) is 3.65. The number of aryl methyl sites for hydroxylation is 1. The number of rotatable bonds is 7. The number of likely N-dealkylation sites (tertiary alicyclic amines) is 1. The van der Waals surface area contributed by atoms with E-state index < -0.39 is 0 Å². The molecule has 0 spiro atoms. The van der Waals surface area contributed by atoms with Crippen molar-refractivity contribution in [2.45, 2.75) is 19.8 Å². The van der Waals surface area contributed by atoms with Gasteiger partial charge in [-0.15, -0.1) is 5.10 Å². The molecule has 1 aliphatic rings. The molecule has 2 heterocycles. The first kappa shape index (κ1) is 22.3. The Morgan fingerprint density at radius 1 is 1.00 bits per heavy atom. The highest BCUT2D eigenvalue weighted by Crippen LogP contribution is 2.22. The van der Waals surface area contributed by atoms with Crippen molar-refractivity contribution >= 4 is 17.9 Å².